The van der Waals surface area contributed by atoms with E-state index >= 15 is 0 Å². The number of aliphatic hydroxyl groups excluding tert-OH is 1. The second kappa shape index (κ2) is 8.92. The predicted octanol–water partition coefficient (Wildman–Crippen LogP) is 3.83. The molecule has 0 amide bonds. The number of aliphatic hydroxyl groups is 1. The molecule has 0 aromatic carbocycles. The van der Waals surface area contributed by atoms with Crippen LogP contribution in [0.25, 0.3) is 0 Å². The molecule has 0 saturated heterocycles. The molecule has 0 aromatic heterocycles. The van der Waals surface area contributed by atoms with Crippen LogP contribution < -0.4 is 0 Å². The van der Waals surface area contributed by atoms with Gasteiger partial charge in [-0.1, -0.05) is 46.0 Å². The summed E-state index contributed by atoms with van der Waals surface area (Å²) in [5, 5.41) is 10.3. The molecule has 1 fully saturated rings. The van der Waals surface area contributed by atoms with Gasteiger partial charge in [0.2, 0.25) is 0 Å². The molecule has 2 nitrogen and oxygen atoms in total. The number of hydrogen-bond donors (Lipinski definition) is 1. The molecule has 1 aliphatic carbocycles. The van der Waals surface area contributed by atoms with E-state index in [2.05, 4.69) is 25.7 Å². The highest BCUT2D eigenvalue weighted by Gasteiger charge is 2.21. The minimum Gasteiger partial charge on any atom is -0.392 e. The molecule has 1 aliphatic rings. The standard InChI is InChI=1S/C16H33NO/c1-4-6-11-17(14(3)5-2)13-16(18)12-15-9-7-8-10-15/h14-16,18H,4-13H2,1-3H3. The van der Waals surface area contributed by atoms with Crippen molar-refractivity contribution in [2.45, 2.75) is 84.3 Å². The lowest BCUT2D eigenvalue weighted by molar-refractivity contribution is 0.0718. The van der Waals surface area contributed by atoms with Gasteiger partial charge in [0.15, 0.2) is 0 Å². The average molecular weight is 255 g/mol. The third-order valence-electron chi connectivity index (χ3n) is 4.54. The fraction of sp³-hybridized carbons (Fsp3) is 1.00. The Morgan fingerprint density at radius 2 is 1.89 bits per heavy atom. The highest BCUT2D eigenvalue weighted by molar-refractivity contribution is 4.75. The van der Waals surface area contributed by atoms with Gasteiger partial charge in [0.25, 0.3) is 0 Å². The minimum absolute atomic E-state index is 0.112. The topological polar surface area (TPSA) is 23.5 Å². The molecule has 0 spiro atoms. The summed E-state index contributed by atoms with van der Waals surface area (Å²) in [6.45, 7) is 8.80. The summed E-state index contributed by atoms with van der Waals surface area (Å²) in [7, 11) is 0. The Morgan fingerprint density at radius 3 is 2.44 bits per heavy atom. The normalized spacial score (nSPS) is 20.5. The SMILES string of the molecule is CCCCN(CC(O)CC1CCCC1)C(C)CC. The van der Waals surface area contributed by atoms with Crippen molar-refractivity contribution in [1.29, 1.82) is 0 Å². The molecule has 0 bridgehead atoms. The summed E-state index contributed by atoms with van der Waals surface area (Å²) >= 11 is 0. The van der Waals surface area contributed by atoms with Gasteiger partial charge in [0.05, 0.1) is 6.10 Å². The monoisotopic (exact) mass is 255 g/mol. The Labute approximate surface area is 114 Å². The quantitative estimate of drug-likeness (QED) is 0.677. The first-order valence-electron chi connectivity index (χ1n) is 8.09. The van der Waals surface area contributed by atoms with Crippen molar-refractivity contribution in [2.75, 3.05) is 13.1 Å². The summed E-state index contributed by atoms with van der Waals surface area (Å²) in [6, 6.07) is 0.606. The van der Waals surface area contributed by atoms with Crippen molar-refractivity contribution in [2.24, 2.45) is 5.92 Å². The first kappa shape index (κ1) is 16.0. The zero-order chi connectivity index (χ0) is 13.4. The maximum absolute atomic E-state index is 10.3. The van der Waals surface area contributed by atoms with Crippen LogP contribution in [-0.2, 0) is 0 Å². The van der Waals surface area contributed by atoms with Crippen molar-refractivity contribution < 1.29 is 5.11 Å². The fourth-order valence-corrected chi connectivity index (χ4v) is 3.09. The zero-order valence-corrected chi connectivity index (χ0v) is 12.7. The van der Waals surface area contributed by atoms with Gasteiger partial charge in [0, 0.05) is 12.6 Å². The molecular formula is C16H33NO. The van der Waals surface area contributed by atoms with Gasteiger partial charge in [-0.15, -0.1) is 0 Å². The number of rotatable bonds is 9. The van der Waals surface area contributed by atoms with Gasteiger partial charge < -0.3 is 5.11 Å². The molecule has 0 aromatic rings. The summed E-state index contributed by atoms with van der Waals surface area (Å²) < 4.78 is 0. The van der Waals surface area contributed by atoms with E-state index in [1.165, 1.54) is 44.9 Å². The summed E-state index contributed by atoms with van der Waals surface area (Å²) in [5.74, 6) is 0.796. The van der Waals surface area contributed by atoms with Crippen LogP contribution in [0.3, 0.4) is 0 Å². The van der Waals surface area contributed by atoms with Gasteiger partial charge in [-0.2, -0.15) is 0 Å². The van der Waals surface area contributed by atoms with Crippen LogP contribution in [0.4, 0.5) is 0 Å². The molecule has 2 heteroatoms. The van der Waals surface area contributed by atoms with Crippen LogP contribution in [-0.4, -0.2) is 35.2 Å². The van der Waals surface area contributed by atoms with Crippen LogP contribution in [0, 0.1) is 5.92 Å². The Balaban J connectivity index is 2.32. The van der Waals surface area contributed by atoms with Crippen LogP contribution in [0.1, 0.15) is 72.1 Å². The van der Waals surface area contributed by atoms with E-state index in [0.717, 1.165) is 25.4 Å². The highest BCUT2D eigenvalue weighted by Crippen LogP contribution is 2.28. The molecule has 0 radical (unpaired) electrons. The van der Waals surface area contributed by atoms with Crippen molar-refractivity contribution >= 4 is 0 Å². The van der Waals surface area contributed by atoms with Gasteiger partial charge in [-0.05, 0) is 38.6 Å². The average Bonchev–Trinajstić information content (AvgIpc) is 2.86. The second-order valence-corrected chi connectivity index (χ2v) is 6.15. The van der Waals surface area contributed by atoms with Crippen LogP contribution in [0.2, 0.25) is 0 Å². The van der Waals surface area contributed by atoms with E-state index in [4.69, 9.17) is 0 Å². The smallest absolute Gasteiger partial charge is 0.0669 e. The predicted molar refractivity (Wildman–Crippen MR) is 78.8 cm³/mol. The molecule has 2 unspecified atom stereocenters. The summed E-state index contributed by atoms with van der Waals surface area (Å²) in [5.41, 5.74) is 0. The molecule has 1 N–H and O–H groups in total. The van der Waals surface area contributed by atoms with Crippen LogP contribution in [0.15, 0.2) is 0 Å². The first-order chi connectivity index (χ1) is 8.67. The zero-order valence-electron chi connectivity index (χ0n) is 12.7. The summed E-state index contributed by atoms with van der Waals surface area (Å²) in [6.07, 6.45) is 10.0. The third-order valence-corrected chi connectivity index (χ3v) is 4.54. The maximum atomic E-state index is 10.3. The summed E-state index contributed by atoms with van der Waals surface area (Å²) in [4.78, 5) is 2.49. The lowest BCUT2D eigenvalue weighted by Gasteiger charge is -2.31. The fourth-order valence-electron chi connectivity index (χ4n) is 3.09. The van der Waals surface area contributed by atoms with E-state index in [9.17, 15) is 5.11 Å². The third kappa shape index (κ3) is 5.71. The molecule has 1 saturated carbocycles. The minimum atomic E-state index is -0.112. The van der Waals surface area contributed by atoms with Crippen LogP contribution in [0.5, 0.6) is 0 Å². The Morgan fingerprint density at radius 1 is 1.22 bits per heavy atom. The van der Waals surface area contributed by atoms with Gasteiger partial charge in [-0.25, -0.2) is 0 Å². The second-order valence-electron chi connectivity index (χ2n) is 6.15. The highest BCUT2D eigenvalue weighted by atomic mass is 16.3. The van der Waals surface area contributed by atoms with Gasteiger partial charge in [-0.3, -0.25) is 4.90 Å². The van der Waals surface area contributed by atoms with Gasteiger partial charge >= 0.3 is 0 Å². The van der Waals surface area contributed by atoms with E-state index in [0.29, 0.717) is 6.04 Å². The van der Waals surface area contributed by atoms with E-state index in [1.54, 1.807) is 0 Å². The van der Waals surface area contributed by atoms with E-state index in [-0.39, 0.29) is 6.10 Å². The molecule has 0 aliphatic heterocycles. The Kier molecular flexibility index (Phi) is 7.92. The molecule has 1 rings (SSSR count). The van der Waals surface area contributed by atoms with Crippen molar-refractivity contribution in [1.82, 2.24) is 4.90 Å². The number of hydrogen-bond acceptors (Lipinski definition) is 2. The Hall–Kier alpha value is -0.0800. The van der Waals surface area contributed by atoms with Crippen molar-refractivity contribution in [3.8, 4) is 0 Å². The first-order valence-corrected chi connectivity index (χ1v) is 8.09. The van der Waals surface area contributed by atoms with Crippen LogP contribution >= 0.6 is 0 Å². The molecular weight excluding hydrogens is 222 g/mol. The largest absolute Gasteiger partial charge is 0.392 e. The molecule has 2 atom stereocenters. The van der Waals surface area contributed by atoms with Crippen molar-refractivity contribution in [3.63, 3.8) is 0 Å². The lowest BCUT2D eigenvalue weighted by Crippen LogP contribution is -2.39. The lowest BCUT2D eigenvalue weighted by atomic mass is 9.99. The Bertz CT molecular complexity index is 201. The molecule has 108 valence electrons. The maximum Gasteiger partial charge on any atom is 0.0669 e. The van der Waals surface area contributed by atoms with E-state index < -0.39 is 0 Å². The number of nitrogens with zero attached hydrogens (tertiary/aromatic N) is 1. The number of unbranched alkanes of at least 4 members (excludes halogenated alkanes) is 1. The molecule has 0 heterocycles. The van der Waals surface area contributed by atoms with Crippen molar-refractivity contribution in [3.05, 3.63) is 0 Å². The van der Waals surface area contributed by atoms with E-state index in [1.807, 2.05) is 0 Å². The van der Waals surface area contributed by atoms with Gasteiger partial charge in [0.1, 0.15) is 0 Å². The molecule has 18 heavy (non-hydrogen) atoms.